The van der Waals surface area contributed by atoms with E-state index < -0.39 is 0 Å². The molecular formula is C8H21N7. The van der Waals surface area contributed by atoms with Gasteiger partial charge in [0.1, 0.15) is 0 Å². The van der Waals surface area contributed by atoms with Gasteiger partial charge < -0.3 is 0 Å². The molecule has 0 aliphatic carbocycles. The number of nitrogens with zero attached hydrogens (tertiary/aromatic N) is 5. The van der Waals surface area contributed by atoms with Crippen LogP contribution >= 0.6 is 0 Å². The van der Waals surface area contributed by atoms with E-state index >= 15 is 0 Å². The monoisotopic (exact) mass is 215 g/mol. The van der Waals surface area contributed by atoms with Gasteiger partial charge in [-0.05, 0) is 6.54 Å². The van der Waals surface area contributed by atoms with Crippen molar-refractivity contribution in [2.24, 2.45) is 20.7 Å². The van der Waals surface area contributed by atoms with Crippen molar-refractivity contribution in [3.8, 4) is 0 Å². The van der Waals surface area contributed by atoms with Crippen LogP contribution in [0.4, 0.5) is 0 Å². The molecule has 0 rings (SSSR count). The molecule has 7 heteroatoms. The van der Waals surface area contributed by atoms with Gasteiger partial charge in [-0.3, -0.25) is 15.8 Å². The molecule has 0 aliphatic heterocycles. The molecule has 0 unspecified atom stereocenters. The number of nitrogens with one attached hydrogen (secondary N) is 2. The van der Waals surface area contributed by atoms with Crippen molar-refractivity contribution in [1.29, 1.82) is 0 Å². The highest BCUT2D eigenvalue weighted by Crippen LogP contribution is 1.88. The highest BCUT2D eigenvalue weighted by Gasteiger charge is 1.99. The van der Waals surface area contributed by atoms with Gasteiger partial charge in [0.15, 0.2) is 0 Å². The van der Waals surface area contributed by atoms with Gasteiger partial charge in [0.05, 0.1) is 13.1 Å². The van der Waals surface area contributed by atoms with Gasteiger partial charge in [0, 0.05) is 27.2 Å². The minimum atomic E-state index is 0.706. The van der Waals surface area contributed by atoms with Gasteiger partial charge >= 0.3 is 0 Å². The van der Waals surface area contributed by atoms with Gasteiger partial charge in [-0.2, -0.15) is 10.2 Å². The van der Waals surface area contributed by atoms with E-state index in [1.54, 1.807) is 14.1 Å². The molecule has 0 bridgehead atoms. The fourth-order valence-electron chi connectivity index (χ4n) is 1.04. The fourth-order valence-corrected chi connectivity index (χ4v) is 1.04. The maximum absolute atomic E-state index is 3.93. The van der Waals surface area contributed by atoms with Crippen LogP contribution in [0.25, 0.3) is 0 Å². The average molecular weight is 215 g/mol. The molecule has 88 valence electrons. The molecule has 0 radical (unpaired) electrons. The van der Waals surface area contributed by atoms with Crippen LogP contribution in [0.15, 0.2) is 20.7 Å². The molecule has 15 heavy (non-hydrogen) atoms. The van der Waals surface area contributed by atoms with Crippen LogP contribution in [-0.4, -0.2) is 51.7 Å². The second kappa shape index (κ2) is 10.8. The molecule has 0 saturated carbocycles. The Hall–Kier alpha value is -1.24. The molecule has 0 atom stereocenters. The molecule has 0 amide bonds. The van der Waals surface area contributed by atoms with Crippen LogP contribution < -0.4 is 10.9 Å². The lowest BCUT2D eigenvalue weighted by Crippen LogP contribution is -2.28. The van der Waals surface area contributed by atoms with E-state index in [1.807, 2.05) is 0 Å². The van der Waals surface area contributed by atoms with Crippen molar-refractivity contribution < 1.29 is 0 Å². The Kier molecular flexibility index (Phi) is 9.94. The van der Waals surface area contributed by atoms with E-state index in [4.69, 9.17) is 0 Å². The van der Waals surface area contributed by atoms with E-state index in [1.165, 1.54) is 0 Å². The van der Waals surface area contributed by atoms with Crippen LogP contribution in [0.3, 0.4) is 0 Å². The molecular weight excluding hydrogens is 194 g/mol. The molecule has 0 spiro atoms. The number of likely N-dealkylation sites (N-methyl/N-ethyl adjacent to an activating group) is 1. The second-order valence-corrected chi connectivity index (χ2v) is 2.81. The molecule has 0 heterocycles. The van der Waals surface area contributed by atoms with Crippen molar-refractivity contribution in [2.45, 2.75) is 6.92 Å². The highest BCUT2D eigenvalue weighted by molar-refractivity contribution is 4.57. The third kappa shape index (κ3) is 9.07. The molecule has 0 aliphatic rings. The largest absolute Gasteiger partial charge is 0.300 e. The zero-order valence-electron chi connectivity index (χ0n) is 9.77. The summed E-state index contributed by atoms with van der Waals surface area (Å²) in [5.41, 5.74) is 5.23. The Balaban J connectivity index is 3.54. The first kappa shape index (κ1) is 13.8. The summed E-state index contributed by atoms with van der Waals surface area (Å²) in [6, 6.07) is 0. The molecule has 0 saturated heterocycles. The van der Waals surface area contributed by atoms with Crippen molar-refractivity contribution in [3.05, 3.63) is 0 Å². The minimum Gasteiger partial charge on any atom is -0.300 e. The van der Waals surface area contributed by atoms with Crippen LogP contribution in [0.5, 0.6) is 0 Å². The highest BCUT2D eigenvalue weighted by atomic mass is 15.4. The zero-order chi connectivity index (χ0) is 11.4. The van der Waals surface area contributed by atoms with E-state index in [2.05, 4.69) is 43.4 Å². The van der Waals surface area contributed by atoms with Gasteiger partial charge in [-0.1, -0.05) is 17.4 Å². The standard InChI is InChI=1S/C8H21N7/c1-4-15(7-5-11-13-9-2)8-6-12-14-10-3/h4-8H2,1-3H3,(H,9,11)(H,10,12). The number of hydrogen-bond acceptors (Lipinski definition) is 5. The summed E-state index contributed by atoms with van der Waals surface area (Å²) in [6.45, 7) is 6.32. The van der Waals surface area contributed by atoms with E-state index in [0.717, 1.165) is 19.6 Å². The SMILES string of the molecule is CCN(CCN=NNC)CCN=NNC. The summed E-state index contributed by atoms with van der Waals surface area (Å²) < 4.78 is 0. The molecule has 0 fully saturated rings. The Morgan fingerprint density at radius 2 is 1.40 bits per heavy atom. The molecule has 0 aromatic heterocycles. The van der Waals surface area contributed by atoms with Crippen molar-refractivity contribution in [2.75, 3.05) is 46.8 Å². The van der Waals surface area contributed by atoms with Gasteiger partial charge in [0.2, 0.25) is 0 Å². The van der Waals surface area contributed by atoms with E-state index in [0.29, 0.717) is 13.1 Å². The Labute approximate surface area is 91.0 Å². The molecule has 2 N–H and O–H groups in total. The average Bonchev–Trinajstić information content (AvgIpc) is 2.27. The molecule has 0 aromatic carbocycles. The van der Waals surface area contributed by atoms with Crippen molar-refractivity contribution in [3.63, 3.8) is 0 Å². The smallest absolute Gasteiger partial charge is 0.0747 e. The van der Waals surface area contributed by atoms with Crippen LogP contribution in [0, 0.1) is 0 Å². The van der Waals surface area contributed by atoms with Gasteiger partial charge in [-0.15, -0.1) is 0 Å². The third-order valence-electron chi connectivity index (χ3n) is 1.82. The van der Waals surface area contributed by atoms with Crippen molar-refractivity contribution in [1.82, 2.24) is 15.8 Å². The van der Waals surface area contributed by atoms with Gasteiger partial charge in [-0.25, -0.2) is 0 Å². The van der Waals surface area contributed by atoms with Crippen LogP contribution in [0.2, 0.25) is 0 Å². The van der Waals surface area contributed by atoms with Crippen molar-refractivity contribution >= 4 is 0 Å². The zero-order valence-corrected chi connectivity index (χ0v) is 9.77. The maximum Gasteiger partial charge on any atom is 0.0747 e. The summed E-state index contributed by atoms with van der Waals surface area (Å²) in [4.78, 5) is 2.25. The molecule has 7 nitrogen and oxygen atoms in total. The number of rotatable bonds is 9. The summed E-state index contributed by atoms with van der Waals surface area (Å²) >= 11 is 0. The molecule has 0 aromatic rings. The predicted octanol–water partition coefficient (Wildman–Crippen LogP) is 0.482. The Bertz CT molecular complexity index is 162. The Morgan fingerprint density at radius 1 is 0.933 bits per heavy atom. The summed E-state index contributed by atoms with van der Waals surface area (Å²) in [7, 11) is 3.47. The van der Waals surface area contributed by atoms with Crippen LogP contribution in [0.1, 0.15) is 6.92 Å². The lowest BCUT2D eigenvalue weighted by Gasteiger charge is -2.16. The first-order chi connectivity index (χ1) is 7.35. The third-order valence-corrected chi connectivity index (χ3v) is 1.82. The lowest BCUT2D eigenvalue weighted by atomic mass is 10.4. The lowest BCUT2D eigenvalue weighted by molar-refractivity contribution is 0.301. The quantitative estimate of drug-likeness (QED) is 0.434. The summed E-state index contributed by atoms with van der Waals surface area (Å²) in [5, 5.41) is 15.2. The summed E-state index contributed by atoms with van der Waals surface area (Å²) in [6.07, 6.45) is 0. The van der Waals surface area contributed by atoms with Crippen LogP contribution in [-0.2, 0) is 0 Å². The maximum atomic E-state index is 3.93. The first-order valence-corrected chi connectivity index (χ1v) is 5.14. The normalized spacial score (nSPS) is 11.7. The van der Waals surface area contributed by atoms with Gasteiger partial charge in [0.25, 0.3) is 0 Å². The summed E-state index contributed by atoms with van der Waals surface area (Å²) in [5.74, 6) is 0. The first-order valence-electron chi connectivity index (χ1n) is 5.14. The second-order valence-electron chi connectivity index (χ2n) is 2.81. The predicted molar refractivity (Wildman–Crippen MR) is 59.7 cm³/mol. The topological polar surface area (TPSA) is 76.7 Å². The van der Waals surface area contributed by atoms with E-state index in [-0.39, 0.29) is 0 Å². The Morgan fingerprint density at radius 3 is 1.73 bits per heavy atom. The minimum absolute atomic E-state index is 0.706. The fraction of sp³-hybridized carbons (Fsp3) is 1.00. The van der Waals surface area contributed by atoms with E-state index in [9.17, 15) is 0 Å². The number of hydrogen-bond donors (Lipinski definition) is 2.